The van der Waals surface area contributed by atoms with Gasteiger partial charge >= 0.3 is 0 Å². The molecular weight excluding hydrogens is 286 g/mol. The SMILES string of the molecule is CC(Br)C(C)(C)NC(=O)c1c(O)cccc1O. The molecule has 3 N–H and O–H groups in total. The summed E-state index contributed by atoms with van der Waals surface area (Å²) in [6.45, 7) is 5.60. The second-order valence-corrected chi connectivity index (χ2v) is 5.84. The van der Waals surface area contributed by atoms with Gasteiger partial charge in [0.2, 0.25) is 0 Å². The van der Waals surface area contributed by atoms with E-state index in [9.17, 15) is 15.0 Å². The first kappa shape index (κ1) is 13.8. The third kappa shape index (κ3) is 3.12. The van der Waals surface area contributed by atoms with Gasteiger partial charge in [0.05, 0.1) is 0 Å². The molecule has 0 aromatic heterocycles. The van der Waals surface area contributed by atoms with Crippen LogP contribution in [0.15, 0.2) is 18.2 Å². The maximum absolute atomic E-state index is 12.0. The first-order valence-corrected chi connectivity index (χ1v) is 6.15. The highest BCUT2D eigenvalue weighted by Gasteiger charge is 2.28. The van der Waals surface area contributed by atoms with Gasteiger partial charge in [0, 0.05) is 10.4 Å². The molecule has 0 heterocycles. The van der Waals surface area contributed by atoms with Gasteiger partial charge in [0.15, 0.2) is 0 Å². The van der Waals surface area contributed by atoms with Gasteiger partial charge in [0.1, 0.15) is 17.1 Å². The smallest absolute Gasteiger partial charge is 0.259 e. The van der Waals surface area contributed by atoms with Gasteiger partial charge in [0.25, 0.3) is 5.91 Å². The highest BCUT2D eigenvalue weighted by molar-refractivity contribution is 9.09. The average Bonchev–Trinajstić information content (AvgIpc) is 2.15. The van der Waals surface area contributed by atoms with E-state index in [4.69, 9.17) is 0 Å². The topological polar surface area (TPSA) is 69.6 Å². The molecule has 1 atom stereocenters. The molecule has 1 rings (SSSR count). The molecule has 1 amide bonds. The van der Waals surface area contributed by atoms with Crippen molar-refractivity contribution in [1.29, 1.82) is 0 Å². The minimum atomic E-state index is -0.503. The number of nitrogens with one attached hydrogen (secondary N) is 1. The summed E-state index contributed by atoms with van der Waals surface area (Å²) in [5.74, 6) is -0.974. The number of alkyl halides is 1. The second-order valence-electron chi connectivity index (χ2n) is 4.46. The lowest BCUT2D eigenvalue weighted by molar-refractivity contribution is 0.0908. The van der Waals surface area contributed by atoms with Crippen molar-refractivity contribution in [2.24, 2.45) is 0 Å². The fourth-order valence-electron chi connectivity index (χ4n) is 1.22. The third-order valence-corrected chi connectivity index (χ3v) is 3.82. The molecular formula is C12H16BrNO3. The van der Waals surface area contributed by atoms with Crippen LogP contribution in [0.1, 0.15) is 31.1 Å². The molecule has 0 saturated carbocycles. The van der Waals surface area contributed by atoms with Crippen LogP contribution in [-0.4, -0.2) is 26.5 Å². The highest BCUT2D eigenvalue weighted by Crippen LogP contribution is 2.27. The Morgan fingerprint density at radius 1 is 1.35 bits per heavy atom. The molecule has 0 fully saturated rings. The lowest BCUT2D eigenvalue weighted by Crippen LogP contribution is -2.48. The van der Waals surface area contributed by atoms with Crippen molar-refractivity contribution < 1.29 is 15.0 Å². The van der Waals surface area contributed by atoms with Crippen molar-refractivity contribution in [2.75, 3.05) is 0 Å². The average molecular weight is 302 g/mol. The second kappa shape index (κ2) is 4.96. The number of phenols is 2. The normalized spacial score (nSPS) is 13.2. The van der Waals surface area contributed by atoms with Gasteiger partial charge in [-0.2, -0.15) is 0 Å². The zero-order valence-corrected chi connectivity index (χ0v) is 11.6. The van der Waals surface area contributed by atoms with Gasteiger partial charge in [-0.05, 0) is 26.0 Å². The molecule has 0 bridgehead atoms. The number of hydrogen-bond acceptors (Lipinski definition) is 3. The predicted molar refractivity (Wildman–Crippen MR) is 69.7 cm³/mol. The predicted octanol–water partition coefficient (Wildman–Crippen LogP) is 2.39. The van der Waals surface area contributed by atoms with E-state index in [0.717, 1.165) is 0 Å². The molecule has 5 heteroatoms. The highest BCUT2D eigenvalue weighted by atomic mass is 79.9. The van der Waals surface area contributed by atoms with Crippen LogP contribution in [0.25, 0.3) is 0 Å². The van der Waals surface area contributed by atoms with Crippen molar-refractivity contribution in [3.8, 4) is 11.5 Å². The van der Waals surface area contributed by atoms with Crippen molar-refractivity contribution >= 4 is 21.8 Å². The summed E-state index contributed by atoms with van der Waals surface area (Å²) in [4.78, 5) is 12.0. The molecule has 0 aliphatic carbocycles. The molecule has 0 aliphatic heterocycles. The molecule has 17 heavy (non-hydrogen) atoms. The van der Waals surface area contributed by atoms with Crippen molar-refractivity contribution in [3.63, 3.8) is 0 Å². The Morgan fingerprint density at radius 2 is 1.82 bits per heavy atom. The Hall–Kier alpha value is -1.23. The summed E-state index contributed by atoms with van der Waals surface area (Å²) < 4.78 is 0. The summed E-state index contributed by atoms with van der Waals surface area (Å²) in [5.41, 5.74) is -0.597. The van der Waals surface area contributed by atoms with E-state index in [1.54, 1.807) is 0 Å². The maximum atomic E-state index is 12.0. The van der Waals surface area contributed by atoms with Crippen molar-refractivity contribution in [2.45, 2.75) is 31.1 Å². The fourth-order valence-corrected chi connectivity index (χ4v) is 1.33. The summed E-state index contributed by atoms with van der Waals surface area (Å²) in [5, 5.41) is 21.9. The van der Waals surface area contributed by atoms with Gasteiger partial charge in [-0.1, -0.05) is 28.9 Å². The Morgan fingerprint density at radius 3 is 2.24 bits per heavy atom. The van der Waals surface area contributed by atoms with Crippen LogP contribution >= 0.6 is 15.9 Å². The molecule has 1 unspecified atom stereocenters. The summed E-state index contributed by atoms with van der Waals surface area (Å²) in [7, 11) is 0. The number of phenolic OH excluding ortho intramolecular Hbond substituents is 2. The number of rotatable bonds is 3. The van der Waals surface area contributed by atoms with Crippen LogP contribution in [0.2, 0.25) is 0 Å². The lowest BCUT2D eigenvalue weighted by Gasteiger charge is -2.29. The van der Waals surface area contributed by atoms with Crippen LogP contribution in [0, 0.1) is 0 Å². The quantitative estimate of drug-likeness (QED) is 0.751. The standard InChI is InChI=1S/C12H16BrNO3/c1-7(13)12(2,3)14-11(17)10-8(15)5-4-6-9(10)16/h4-7,15-16H,1-3H3,(H,14,17). The largest absolute Gasteiger partial charge is 0.507 e. The third-order valence-electron chi connectivity index (χ3n) is 2.68. The van der Waals surface area contributed by atoms with E-state index in [-0.39, 0.29) is 21.9 Å². The number of amides is 1. The van der Waals surface area contributed by atoms with Gasteiger partial charge in [-0.25, -0.2) is 0 Å². The monoisotopic (exact) mass is 301 g/mol. The summed E-state index contributed by atoms with van der Waals surface area (Å²) >= 11 is 3.39. The van der Waals surface area contributed by atoms with E-state index < -0.39 is 11.4 Å². The Kier molecular flexibility index (Phi) is 4.03. The summed E-state index contributed by atoms with van der Waals surface area (Å²) in [6.07, 6.45) is 0. The van der Waals surface area contributed by atoms with E-state index in [0.29, 0.717) is 0 Å². The summed E-state index contributed by atoms with van der Waals surface area (Å²) in [6, 6.07) is 4.19. The number of halogens is 1. The minimum absolute atomic E-state index is 0.0481. The van der Waals surface area contributed by atoms with Gasteiger partial charge < -0.3 is 15.5 Å². The first-order valence-electron chi connectivity index (χ1n) is 5.23. The number of aromatic hydroxyl groups is 2. The van der Waals surface area contributed by atoms with Crippen molar-refractivity contribution in [1.82, 2.24) is 5.32 Å². The van der Waals surface area contributed by atoms with Crippen LogP contribution in [-0.2, 0) is 0 Å². The molecule has 94 valence electrons. The van der Waals surface area contributed by atoms with E-state index >= 15 is 0 Å². The van der Waals surface area contributed by atoms with Crippen LogP contribution in [0.5, 0.6) is 11.5 Å². The zero-order chi connectivity index (χ0) is 13.2. The van der Waals surface area contributed by atoms with Crippen LogP contribution < -0.4 is 5.32 Å². The number of carbonyl (C=O) groups excluding carboxylic acids is 1. The Labute approximate surface area is 109 Å². The minimum Gasteiger partial charge on any atom is -0.507 e. The number of benzene rings is 1. The first-order chi connectivity index (χ1) is 7.75. The lowest BCUT2D eigenvalue weighted by atomic mass is 10.0. The zero-order valence-electron chi connectivity index (χ0n) is 9.99. The Bertz CT molecular complexity index is 410. The molecule has 0 radical (unpaired) electrons. The van der Waals surface area contributed by atoms with Gasteiger partial charge in [-0.15, -0.1) is 0 Å². The van der Waals surface area contributed by atoms with E-state index in [1.807, 2.05) is 20.8 Å². The molecule has 1 aromatic rings. The molecule has 0 spiro atoms. The van der Waals surface area contributed by atoms with Gasteiger partial charge in [-0.3, -0.25) is 4.79 Å². The number of carbonyl (C=O) groups is 1. The van der Waals surface area contributed by atoms with E-state index in [1.165, 1.54) is 18.2 Å². The molecule has 0 saturated heterocycles. The molecule has 4 nitrogen and oxygen atoms in total. The molecule has 1 aromatic carbocycles. The Balaban J connectivity index is 2.99. The van der Waals surface area contributed by atoms with E-state index in [2.05, 4.69) is 21.2 Å². The van der Waals surface area contributed by atoms with Crippen LogP contribution in [0.3, 0.4) is 0 Å². The fraction of sp³-hybridized carbons (Fsp3) is 0.417. The maximum Gasteiger partial charge on any atom is 0.259 e. The molecule has 0 aliphatic rings. The van der Waals surface area contributed by atoms with Crippen LogP contribution in [0.4, 0.5) is 0 Å². The number of hydrogen-bond donors (Lipinski definition) is 3. The van der Waals surface area contributed by atoms with Crippen molar-refractivity contribution in [3.05, 3.63) is 23.8 Å².